The summed E-state index contributed by atoms with van der Waals surface area (Å²) in [5, 5.41) is 10.4. The van der Waals surface area contributed by atoms with Crippen molar-refractivity contribution in [2.75, 3.05) is 0 Å². The maximum Gasteiger partial charge on any atom is 0.345 e. The summed E-state index contributed by atoms with van der Waals surface area (Å²) in [5.74, 6) is -1.02. The molecule has 5 aliphatic carbocycles. The molecule has 42 heavy (non-hydrogen) atoms. The molecule has 234 valence electrons. The molecule has 4 fully saturated rings. The molecule has 0 spiro atoms. The lowest BCUT2D eigenvalue weighted by molar-refractivity contribution is -0.235. The molecule has 9 atom stereocenters. The Morgan fingerprint density at radius 2 is 1.50 bits per heavy atom. The lowest BCUT2D eigenvalue weighted by Crippen LogP contribution is -2.66. The summed E-state index contributed by atoms with van der Waals surface area (Å²) in [4.78, 5) is 50.6. The monoisotopic (exact) mass is 584 g/mol. The van der Waals surface area contributed by atoms with E-state index < -0.39 is 23.5 Å². The van der Waals surface area contributed by atoms with E-state index in [0.717, 1.165) is 56.1 Å². The highest BCUT2D eigenvalue weighted by Crippen LogP contribution is 2.77. The Labute approximate surface area is 251 Å². The van der Waals surface area contributed by atoms with Crippen LogP contribution in [-0.2, 0) is 28.7 Å². The van der Waals surface area contributed by atoms with Crippen molar-refractivity contribution in [1.29, 1.82) is 0 Å². The highest BCUT2D eigenvalue weighted by atomic mass is 16.6. The van der Waals surface area contributed by atoms with Crippen LogP contribution < -0.4 is 0 Å². The van der Waals surface area contributed by atoms with Gasteiger partial charge >= 0.3 is 17.9 Å². The molecule has 0 amide bonds. The topological polar surface area (TPSA) is 107 Å². The van der Waals surface area contributed by atoms with Gasteiger partial charge in [-0.2, -0.15) is 0 Å². The smallest absolute Gasteiger partial charge is 0.345 e. The minimum Gasteiger partial charge on any atom is -0.478 e. The molecule has 0 aromatic rings. The molecule has 0 radical (unpaired) electrons. The van der Waals surface area contributed by atoms with Crippen LogP contribution in [0.2, 0.25) is 0 Å². The Hall–Kier alpha value is -2.18. The molecular formula is C35H52O7. The van der Waals surface area contributed by atoms with Gasteiger partial charge in [-0.3, -0.25) is 14.4 Å². The predicted octanol–water partition coefficient (Wildman–Crippen LogP) is 6.92. The molecule has 0 saturated heterocycles. The first kappa shape index (κ1) is 31.3. The van der Waals surface area contributed by atoms with Crippen LogP contribution in [0.5, 0.6) is 0 Å². The van der Waals surface area contributed by atoms with Gasteiger partial charge < -0.3 is 14.6 Å². The van der Waals surface area contributed by atoms with Gasteiger partial charge in [-0.05, 0) is 102 Å². The Morgan fingerprint density at radius 3 is 2.07 bits per heavy atom. The first-order valence-corrected chi connectivity index (χ1v) is 16.2. The number of aliphatic carboxylic acids is 1. The zero-order chi connectivity index (χ0) is 31.2. The molecule has 0 heterocycles. The number of hydrogen-bond acceptors (Lipinski definition) is 6. The molecule has 7 heteroatoms. The number of carbonyl (C=O) groups is 4. The fourth-order valence-corrected chi connectivity index (χ4v) is 11.9. The second kappa shape index (κ2) is 9.92. The number of carboxylic acid groups (broad SMARTS) is 1. The van der Waals surface area contributed by atoms with Gasteiger partial charge in [-0.1, -0.05) is 48.5 Å². The van der Waals surface area contributed by atoms with E-state index in [0.29, 0.717) is 18.3 Å². The third-order valence-corrected chi connectivity index (χ3v) is 13.7. The number of carbonyl (C=O) groups excluding carboxylic acids is 3. The van der Waals surface area contributed by atoms with Crippen LogP contribution in [0.25, 0.3) is 0 Å². The van der Waals surface area contributed by atoms with Gasteiger partial charge in [0.25, 0.3) is 0 Å². The molecule has 2 unspecified atom stereocenters. The van der Waals surface area contributed by atoms with Gasteiger partial charge in [-0.15, -0.1) is 0 Å². The summed E-state index contributed by atoms with van der Waals surface area (Å²) in [5.41, 5.74) is 0.654. The van der Waals surface area contributed by atoms with Crippen LogP contribution in [0.3, 0.4) is 0 Å². The normalized spacial score (nSPS) is 43.0. The lowest BCUT2D eigenvalue weighted by atomic mass is 9.33. The maximum atomic E-state index is 13.7. The maximum absolute atomic E-state index is 13.7. The largest absolute Gasteiger partial charge is 0.478 e. The van der Waals surface area contributed by atoms with E-state index in [2.05, 4.69) is 34.6 Å². The van der Waals surface area contributed by atoms with Gasteiger partial charge in [0.2, 0.25) is 6.10 Å². The number of hydrogen-bond donors (Lipinski definition) is 1. The Bertz CT molecular complexity index is 1230. The summed E-state index contributed by atoms with van der Waals surface area (Å²) in [7, 11) is 0. The number of rotatable bonds is 5. The van der Waals surface area contributed by atoms with Crippen molar-refractivity contribution < 1.29 is 33.8 Å². The average molecular weight is 585 g/mol. The van der Waals surface area contributed by atoms with E-state index in [1.54, 1.807) is 0 Å². The second-order valence-electron chi connectivity index (χ2n) is 16.1. The van der Waals surface area contributed by atoms with E-state index in [1.807, 2.05) is 13.8 Å². The fraction of sp³-hybridized carbons (Fsp3) is 0.829. The zero-order valence-electron chi connectivity index (χ0n) is 27.2. The minimum atomic E-state index is -1.36. The summed E-state index contributed by atoms with van der Waals surface area (Å²) in [6, 6.07) is 0. The van der Waals surface area contributed by atoms with Crippen molar-refractivity contribution in [3.8, 4) is 0 Å². The Morgan fingerprint density at radius 1 is 0.833 bits per heavy atom. The third kappa shape index (κ3) is 4.10. The van der Waals surface area contributed by atoms with E-state index in [1.165, 1.54) is 13.8 Å². The fourth-order valence-electron chi connectivity index (χ4n) is 11.9. The van der Waals surface area contributed by atoms with Gasteiger partial charge in [0, 0.05) is 31.1 Å². The minimum absolute atomic E-state index is 0.00143. The van der Waals surface area contributed by atoms with Crippen molar-refractivity contribution in [3.05, 3.63) is 11.1 Å². The molecule has 0 aromatic heterocycles. The molecule has 5 aliphatic rings. The number of fused-ring (bicyclic) bond motifs is 7. The van der Waals surface area contributed by atoms with Crippen molar-refractivity contribution in [2.45, 2.75) is 132 Å². The SMILES string of the molecule is CC(=O)O[C@H]1CC[C@@]2(C)C(CC[C@]3(C)C2CC[C@@H]2C4=C(C(C)C)C(=O)C[C@]4([C@@H](OC(C)=O)C(=O)O)CC[C@]23C)C1(C)C. The number of esters is 2. The summed E-state index contributed by atoms with van der Waals surface area (Å²) in [6.07, 6.45) is 5.94. The lowest BCUT2D eigenvalue weighted by Gasteiger charge is -2.72. The molecule has 1 N–H and O–H groups in total. The van der Waals surface area contributed by atoms with E-state index in [4.69, 9.17) is 9.47 Å². The summed E-state index contributed by atoms with van der Waals surface area (Å²) < 4.78 is 11.4. The van der Waals surface area contributed by atoms with E-state index in [-0.39, 0.29) is 57.8 Å². The Balaban J connectivity index is 1.59. The van der Waals surface area contributed by atoms with Crippen molar-refractivity contribution in [3.63, 3.8) is 0 Å². The standard InChI is InChI=1S/C35H52O7/c1-19(2)27-23(38)18-35(29(30(39)40)42-21(4)37)17-16-33(8)22(28(27)35)10-11-25-32(7)14-13-26(41-20(3)36)31(5,6)24(32)12-15-34(25,33)9/h19,22,24-26,29H,10-18H2,1-9H3,(H,39,40)/t22-,24?,25?,26+,29+,32+,33-,34-,35-/m1/s1. The van der Waals surface area contributed by atoms with Crippen molar-refractivity contribution in [2.24, 2.45) is 50.7 Å². The van der Waals surface area contributed by atoms with Gasteiger partial charge in [-0.25, -0.2) is 4.79 Å². The third-order valence-electron chi connectivity index (χ3n) is 13.7. The molecule has 7 nitrogen and oxygen atoms in total. The molecule has 0 aliphatic heterocycles. The summed E-state index contributed by atoms with van der Waals surface area (Å²) in [6.45, 7) is 18.8. The molecule has 0 aromatic carbocycles. The van der Waals surface area contributed by atoms with Crippen LogP contribution in [-0.4, -0.2) is 41.0 Å². The highest BCUT2D eigenvalue weighted by molar-refractivity contribution is 6.01. The molecular weight excluding hydrogens is 532 g/mol. The van der Waals surface area contributed by atoms with Gasteiger partial charge in [0.1, 0.15) is 6.10 Å². The number of ketones is 1. The van der Waals surface area contributed by atoms with Crippen LogP contribution in [0.1, 0.15) is 120 Å². The first-order chi connectivity index (χ1) is 19.4. The number of carboxylic acids is 1. The quantitative estimate of drug-likeness (QED) is 0.350. The number of ether oxygens (including phenoxy) is 2. The van der Waals surface area contributed by atoms with E-state index >= 15 is 0 Å². The van der Waals surface area contributed by atoms with Crippen LogP contribution in [0.4, 0.5) is 0 Å². The Kier molecular flexibility index (Phi) is 7.38. The molecule has 0 bridgehead atoms. The zero-order valence-corrected chi connectivity index (χ0v) is 27.2. The number of Topliss-reactive ketones (excluding diaryl/α,β-unsaturated/α-hetero) is 1. The highest BCUT2D eigenvalue weighted by Gasteiger charge is 2.71. The number of allylic oxidation sites excluding steroid dienone is 1. The van der Waals surface area contributed by atoms with Crippen LogP contribution in [0, 0.1) is 50.7 Å². The van der Waals surface area contributed by atoms with E-state index in [9.17, 15) is 24.3 Å². The average Bonchev–Trinajstić information content (AvgIpc) is 3.17. The molecule has 5 rings (SSSR count). The summed E-state index contributed by atoms with van der Waals surface area (Å²) >= 11 is 0. The van der Waals surface area contributed by atoms with Gasteiger partial charge in [0.15, 0.2) is 5.78 Å². The predicted molar refractivity (Wildman–Crippen MR) is 158 cm³/mol. The van der Waals surface area contributed by atoms with Crippen molar-refractivity contribution >= 4 is 23.7 Å². The van der Waals surface area contributed by atoms with Gasteiger partial charge in [0.05, 0.1) is 0 Å². The first-order valence-electron chi connectivity index (χ1n) is 16.2. The van der Waals surface area contributed by atoms with Crippen LogP contribution >= 0.6 is 0 Å². The second-order valence-corrected chi connectivity index (χ2v) is 16.1. The van der Waals surface area contributed by atoms with Crippen molar-refractivity contribution in [1.82, 2.24) is 0 Å². The molecule has 4 saturated carbocycles. The van der Waals surface area contributed by atoms with Crippen LogP contribution in [0.15, 0.2) is 11.1 Å².